The van der Waals surface area contributed by atoms with Crippen molar-refractivity contribution < 1.29 is 4.39 Å². The Kier molecular flexibility index (Phi) is 5.65. The fourth-order valence-electron chi connectivity index (χ4n) is 4.69. The van der Waals surface area contributed by atoms with Gasteiger partial charge in [0.2, 0.25) is 0 Å². The van der Waals surface area contributed by atoms with Crippen LogP contribution in [0.2, 0.25) is 0 Å². The number of hydrogen-bond donors (Lipinski definition) is 0. The van der Waals surface area contributed by atoms with Gasteiger partial charge in [-0.15, -0.1) is 21.5 Å². The van der Waals surface area contributed by atoms with E-state index in [1.807, 2.05) is 23.9 Å². The third-order valence-corrected chi connectivity index (χ3v) is 7.16. The predicted molar refractivity (Wildman–Crippen MR) is 125 cm³/mol. The standard InChI is InChI=1S/C24H27FN6S/c1-16-11-20(17(2)32-16)23-19(14-31(28-23)22-9-5-4-8-21(22)25)13-30-10-6-7-18(12-30)24-27-26-15-29(24)3/h4-5,8-9,11,14-15,18H,6-7,10,12-13H2,1-3H3/t18-/m0/s1. The second kappa shape index (κ2) is 8.60. The van der Waals surface area contributed by atoms with E-state index in [0.717, 1.165) is 55.1 Å². The molecule has 1 atom stereocenters. The number of thiophene rings is 1. The molecule has 1 aliphatic heterocycles. The number of aryl methyl sites for hydroxylation is 3. The Labute approximate surface area is 191 Å². The van der Waals surface area contributed by atoms with Crippen LogP contribution in [-0.2, 0) is 13.6 Å². The fourth-order valence-corrected chi connectivity index (χ4v) is 5.62. The molecule has 0 spiro atoms. The minimum Gasteiger partial charge on any atom is -0.320 e. The lowest BCUT2D eigenvalue weighted by Gasteiger charge is -2.32. The zero-order valence-electron chi connectivity index (χ0n) is 18.6. The molecule has 5 rings (SSSR count). The molecule has 3 aromatic heterocycles. The summed E-state index contributed by atoms with van der Waals surface area (Å²) >= 11 is 1.77. The summed E-state index contributed by atoms with van der Waals surface area (Å²) in [7, 11) is 2.01. The Balaban J connectivity index is 1.49. The van der Waals surface area contributed by atoms with Gasteiger partial charge in [-0.2, -0.15) is 5.10 Å². The lowest BCUT2D eigenvalue weighted by Crippen LogP contribution is -2.34. The molecule has 166 valence electrons. The van der Waals surface area contributed by atoms with Crippen LogP contribution in [0, 0.1) is 19.7 Å². The molecular formula is C24H27FN6S. The van der Waals surface area contributed by atoms with Gasteiger partial charge in [0.1, 0.15) is 23.7 Å². The van der Waals surface area contributed by atoms with Gasteiger partial charge in [0.15, 0.2) is 0 Å². The molecule has 6 nitrogen and oxygen atoms in total. The summed E-state index contributed by atoms with van der Waals surface area (Å²) in [5.74, 6) is 1.14. The Morgan fingerprint density at radius 2 is 2.06 bits per heavy atom. The van der Waals surface area contributed by atoms with Gasteiger partial charge in [0, 0.05) is 53.1 Å². The van der Waals surface area contributed by atoms with E-state index in [0.29, 0.717) is 11.6 Å². The third-order valence-electron chi connectivity index (χ3n) is 6.20. The number of halogens is 1. The highest BCUT2D eigenvalue weighted by atomic mass is 32.1. The monoisotopic (exact) mass is 450 g/mol. The maximum atomic E-state index is 14.5. The lowest BCUT2D eigenvalue weighted by atomic mass is 9.96. The van der Waals surface area contributed by atoms with Crippen LogP contribution in [0.3, 0.4) is 0 Å². The van der Waals surface area contributed by atoms with Gasteiger partial charge in [0.05, 0.1) is 5.69 Å². The summed E-state index contributed by atoms with van der Waals surface area (Å²) < 4.78 is 18.2. The molecule has 4 heterocycles. The quantitative estimate of drug-likeness (QED) is 0.436. The van der Waals surface area contributed by atoms with E-state index in [4.69, 9.17) is 5.10 Å². The molecule has 1 saturated heterocycles. The van der Waals surface area contributed by atoms with Crippen molar-refractivity contribution in [2.75, 3.05) is 13.1 Å². The fraction of sp³-hybridized carbons (Fsp3) is 0.375. The molecule has 8 heteroatoms. The van der Waals surface area contributed by atoms with Crippen LogP contribution in [0.1, 0.15) is 39.9 Å². The minimum atomic E-state index is -0.272. The Morgan fingerprint density at radius 3 is 2.78 bits per heavy atom. The number of piperidine rings is 1. The smallest absolute Gasteiger partial charge is 0.148 e. The average Bonchev–Trinajstić information content (AvgIpc) is 3.47. The topological polar surface area (TPSA) is 51.8 Å². The van der Waals surface area contributed by atoms with Crippen molar-refractivity contribution >= 4 is 11.3 Å². The van der Waals surface area contributed by atoms with Gasteiger partial charge in [0.25, 0.3) is 0 Å². The molecule has 1 aromatic carbocycles. The van der Waals surface area contributed by atoms with Crippen LogP contribution >= 0.6 is 11.3 Å². The van der Waals surface area contributed by atoms with Crippen LogP contribution in [0.4, 0.5) is 4.39 Å². The van der Waals surface area contributed by atoms with Crippen molar-refractivity contribution in [3.63, 3.8) is 0 Å². The van der Waals surface area contributed by atoms with Crippen molar-refractivity contribution in [2.24, 2.45) is 7.05 Å². The van der Waals surface area contributed by atoms with Crippen molar-refractivity contribution in [1.82, 2.24) is 29.4 Å². The summed E-state index contributed by atoms with van der Waals surface area (Å²) in [5, 5.41) is 13.3. The molecule has 0 bridgehead atoms. The van der Waals surface area contributed by atoms with Crippen LogP contribution < -0.4 is 0 Å². The van der Waals surface area contributed by atoms with E-state index < -0.39 is 0 Å². The molecule has 4 aromatic rings. The summed E-state index contributed by atoms with van der Waals surface area (Å²) in [6.07, 6.45) is 6.00. The molecule has 0 aliphatic carbocycles. The predicted octanol–water partition coefficient (Wildman–Crippen LogP) is 4.86. The van der Waals surface area contributed by atoms with Gasteiger partial charge < -0.3 is 4.57 Å². The SMILES string of the molecule is Cc1cc(-c2nn(-c3ccccc3F)cc2CN2CCC[C@H](c3nncn3C)C2)c(C)s1. The number of aromatic nitrogens is 5. The maximum absolute atomic E-state index is 14.5. The molecule has 0 saturated carbocycles. The first-order valence-corrected chi connectivity index (χ1v) is 11.8. The highest BCUT2D eigenvalue weighted by Crippen LogP contribution is 2.34. The van der Waals surface area contributed by atoms with E-state index in [-0.39, 0.29) is 5.82 Å². The van der Waals surface area contributed by atoms with Gasteiger partial charge in [-0.05, 0) is 51.4 Å². The second-order valence-electron chi connectivity index (χ2n) is 8.60. The Hall–Kier alpha value is -2.84. The number of para-hydroxylation sites is 1. The average molecular weight is 451 g/mol. The summed E-state index contributed by atoms with van der Waals surface area (Å²) in [5.41, 5.74) is 3.67. The molecule has 0 unspecified atom stereocenters. The largest absolute Gasteiger partial charge is 0.320 e. The molecule has 0 amide bonds. The second-order valence-corrected chi connectivity index (χ2v) is 10.1. The first kappa shape index (κ1) is 21.0. The Bertz CT molecular complexity index is 1240. The number of rotatable bonds is 5. The number of benzene rings is 1. The summed E-state index contributed by atoms with van der Waals surface area (Å²) in [6, 6.07) is 8.99. The minimum absolute atomic E-state index is 0.272. The molecule has 32 heavy (non-hydrogen) atoms. The van der Waals surface area contributed by atoms with Gasteiger partial charge in [-0.25, -0.2) is 9.07 Å². The molecular weight excluding hydrogens is 423 g/mol. The Morgan fingerprint density at radius 1 is 1.22 bits per heavy atom. The first-order valence-electron chi connectivity index (χ1n) is 11.0. The highest BCUT2D eigenvalue weighted by Gasteiger charge is 2.26. The van der Waals surface area contributed by atoms with Crippen LogP contribution in [0.25, 0.3) is 16.9 Å². The van der Waals surface area contributed by atoms with E-state index in [1.165, 1.54) is 15.8 Å². The van der Waals surface area contributed by atoms with Gasteiger partial charge in [-0.3, -0.25) is 4.90 Å². The lowest BCUT2D eigenvalue weighted by molar-refractivity contribution is 0.195. The van der Waals surface area contributed by atoms with E-state index in [2.05, 4.69) is 35.0 Å². The number of nitrogens with zero attached hydrogens (tertiary/aromatic N) is 6. The van der Waals surface area contributed by atoms with Crippen molar-refractivity contribution in [2.45, 2.75) is 39.2 Å². The van der Waals surface area contributed by atoms with Crippen molar-refractivity contribution in [1.29, 1.82) is 0 Å². The molecule has 0 radical (unpaired) electrons. The summed E-state index contributed by atoms with van der Waals surface area (Å²) in [6.45, 7) is 6.97. The zero-order chi connectivity index (χ0) is 22.2. The molecule has 1 fully saturated rings. The van der Waals surface area contributed by atoms with E-state index >= 15 is 0 Å². The normalized spacial score (nSPS) is 17.2. The van der Waals surface area contributed by atoms with Crippen molar-refractivity contribution in [3.05, 3.63) is 69.8 Å². The highest BCUT2D eigenvalue weighted by molar-refractivity contribution is 7.12. The van der Waals surface area contributed by atoms with E-state index in [9.17, 15) is 4.39 Å². The van der Waals surface area contributed by atoms with Crippen molar-refractivity contribution in [3.8, 4) is 16.9 Å². The van der Waals surface area contributed by atoms with E-state index in [1.54, 1.807) is 34.5 Å². The first-order chi connectivity index (χ1) is 15.5. The third kappa shape index (κ3) is 4.00. The zero-order valence-corrected chi connectivity index (χ0v) is 19.4. The van der Waals surface area contributed by atoms with Crippen LogP contribution in [0.15, 0.2) is 42.9 Å². The number of hydrogen-bond acceptors (Lipinski definition) is 5. The molecule has 1 aliphatic rings. The van der Waals surface area contributed by atoms with Gasteiger partial charge in [-0.1, -0.05) is 12.1 Å². The maximum Gasteiger partial charge on any atom is 0.148 e. The number of likely N-dealkylation sites (tertiary alicyclic amines) is 1. The van der Waals surface area contributed by atoms with Crippen LogP contribution in [0.5, 0.6) is 0 Å². The molecule has 0 N–H and O–H groups in total. The van der Waals surface area contributed by atoms with Crippen LogP contribution in [-0.4, -0.2) is 42.5 Å². The van der Waals surface area contributed by atoms with Gasteiger partial charge >= 0.3 is 0 Å². The summed E-state index contributed by atoms with van der Waals surface area (Å²) in [4.78, 5) is 4.95.